The SMILES string of the molecule is COCCCSCCC(=O)Nc1c(N)cc(Cl)cc1Cl. The van der Waals surface area contributed by atoms with Crippen molar-refractivity contribution in [3.63, 3.8) is 0 Å². The van der Waals surface area contributed by atoms with E-state index >= 15 is 0 Å². The van der Waals surface area contributed by atoms with Gasteiger partial charge in [0.2, 0.25) is 5.91 Å². The summed E-state index contributed by atoms with van der Waals surface area (Å²) in [4.78, 5) is 11.8. The molecule has 0 aliphatic rings. The first-order chi connectivity index (χ1) is 9.54. The number of methoxy groups -OCH3 is 1. The van der Waals surface area contributed by atoms with Gasteiger partial charge < -0.3 is 15.8 Å². The van der Waals surface area contributed by atoms with Crippen molar-refractivity contribution >= 4 is 52.2 Å². The number of benzene rings is 1. The zero-order valence-electron chi connectivity index (χ0n) is 11.2. The number of anilines is 2. The number of amides is 1. The normalized spacial score (nSPS) is 10.6. The fraction of sp³-hybridized carbons (Fsp3) is 0.462. The second kappa shape index (κ2) is 9.34. The zero-order valence-corrected chi connectivity index (χ0v) is 13.6. The third kappa shape index (κ3) is 6.22. The molecule has 0 aliphatic carbocycles. The summed E-state index contributed by atoms with van der Waals surface area (Å²) in [7, 11) is 1.68. The Hall–Kier alpha value is -0.620. The van der Waals surface area contributed by atoms with Gasteiger partial charge in [-0.15, -0.1) is 0 Å². The summed E-state index contributed by atoms with van der Waals surface area (Å²) in [6, 6.07) is 3.11. The van der Waals surface area contributed by atoms with Crippen LogP contribution in [-0.2, 0) is 9.53 Å². The van der Waals surface area contributed by atoms with Crippen LogP contribution in [-0.4, -0.2) is 31.1 Å². The van der Waals surface area contributed by atoms with E-state index in [1.807, 2.05) is 0 Å². The van der Waals surface area contributed by atoms with E-state index in [4.69, 9.17) is 33.7 Å². The van der Waals surface area contributed by atoms with Crippen molar-refractivity contribution in [2.24, 2.45) is 0 Å². The molecule has 1 aromatic rings. The van der Waals surface area contributed by atoms with Crippen LogP contribution in [0, 0.1) is 0 Å². The number of carbonyl (C=O) groups excluding carboxylic acids is 1. The number of rotatable bonds is 8. The van der Waals surface area contributed by atoms with E-state index in [1.54, 1.807) is 31.0 Å². The molecule has 4 nitrogen and oxygen atoms in total. The van der Waals surface area contributed by atoms with Gasteiger partial charge in [-0.1, -0.05) is 23.2 Å². The molecule has 0 radical (unpaired) electrons. The lowest BCUT2D eigenvalue weighted by atomic mass is 10.2. The third-order valence-electron chi connectivity index (χ3n) is 2.46. The van der Waals surface area contributed by atoms with Crippen LogP contribution in [0.4, 0.5) is 11.4 Å². The second-order valence-corrected chi connectivity index (χ2v) is 6.18. The molecule has 0 aromatic heterocycles. The fourth-order valence-electron chi connectivity index (χ4n) is 1.50. The van der Waals surface area contributed by atoms with Gasteiger partial charge in [0.1, 0.15) is 0 Å². The maximum absolute atomic E-state index is 11.8. The van der Waals surface area contributed by atoms with Gasteiger partial charge >= 0.3 is 0 Å². The average molecular weight is 337 g/mol. The van der Waals surface area contributed by atoms with Crippen LogP contribution in [0.3, 0.4) is 0 Å². The molecule has 0 heterocycles. The summed E-state index contributed by atoms with van der Waals surface area (Å²) in [6.45, 7) is 0.746. The van der Waals surface area contributed by atoms with Gasteiger partial charge in [-0.25, -0.2) is 0 Å². The molecule has 1 amide bonds. The van der Waals surface area contributed by atoms with Crippen LogP contribution in [0.25, 0.3) is 0 Å². The van der Waals surface area contributed by atoms with Crippen molar-refractivity contribution in [3.05, 3.63) is 22.2 Å². The van der Waals surface area contributed by atoms with Crippen molar-refractivity contribution in [1.82, 2.24) is 0 Å². The molecular formula is C13H18Cl2N2O2S. The number of hydrogen-bond acceptors (Lipinski definition) is 4. The lowest BCUT2D eigenvalue weighted by Gasteiger charge is -2.10. The summed E-state index contributed by atoms with van der Waals surface area (Å²) in [5.74, 6) is 1.62. The van der Waals surface area contributed by atoms with E-state index in [0.29, 0.717) is 27.8 Å². The summed E-state index contributed by atoms with van der Waals surface area (Å²) in [5.41, 5.74) is 6.56. The molecule has 7 heteroatoms. The number of halogens is 2. The summed E-state index contributed by atoms with van der Waals surface area (Å²) in [5, 5.41) is 3.50. The minimum atomic E-state index is -0.111. The molecule has 3 N–H and O–H groups in total. The van der Waals surface area contributed by atoms with Crippen LogP contribution in [0.2, 0.25) is 10.0 Å². The molecule has 0 fully saturated rings. The van der Waals surface area contributed by atoms with E-state index in [9.17, 15) is 4.79 Å². The van der Waals surface area contributed by atoms with Gasteiger partial charge in [0.25, 0.3) is 0 Å². The molecular weight excluding hydrogens is 319 g/mol. The first-order valence-electron chi connectivity index (χ1n) is 6.15. The van der Waals surface area contributed by atoms with E-state index in [2.05, 4.69) is 5.32 Å². The first kappa shape index (κ1) is 17.4. The lowest BCUT2D eigenvalue weighted by Crippen LogP contribution is -2.14. The molecule has 0 bridgehead atoms. The largest absolute Gasteiger partial charge is 0.397 e. The zero-order chi connectivity index (χ0) is 15.0. The van der Waals surface area contributed by atoms with Crippen LogP contribution in [0.1, 0.15) is 12.8 Å². The maximum Gasteiger partial charge on any atom is 0.225 e. The molecule has 20 heavy (non-hydrogen) atoms. The molecule has 0 saturated heterocycles. The van der Waals surface area contributed by atoms with Gasteiger partial charge in [-0.2, -0.15) is 11.8 Å². The van der Waals surface area contributed by atoms with Gasteiger partial charge in [-0.05, 0) is 24.3 Å². The van der Waals surface area contributed by atoms with Gasteiger partial charge in [0, 0.05) is 30.9 Å². The highest BCUT2D eigenvalue weighted by molar-refractivity contribution is 7.99. The van der Waals surface area contributed by atoms with E-state index in [-0.39, 0.29) is 5.91 Å². The Labute approximate surface area is 133 Å². The molecule has 0 unspecified atom stereocenters. The summed E-state index contributed by atoms with van der Waals surface area (Å²) < 4.78 is 4.95. The third-order valence-corrected chi connectivity index (χ3v) is 4.05. The van der Waals surface area contributed by atoms with E-state index < -0.39 is 0 Å². The topological polar surface area (TPSA) is 64.3 Å². The molecule has 112 valence electrons. The summed E-state index contributed by atoms with van der Waals surface area (Å²) >= 11 is 13.5. The Bertz CT molecular complexity index is 435. The number of nitrogen functional groups attached to an aromatic ring is 1. The van der Waals surface area contributed by atoms with Crippen LogP contribution in [0.5, 0.6) is 0 Å². The van der Waals surface area contributed by atoms with Crippen LogP contribution in [0.15, 0.2) is 12.1 Å². The average Bonchev–Trinajstić information content (AvgIpc) is 2.38. The van der Waals surface area contributed by atoms with Crippen molar-refractivity contribution in [3.8, 4) is 0 Å². The highest BCUT2D eigenvalue weighted by atomic mass is 35.5. The highest BCUT2D eigenvalue weighted by Crippen LogP contribution is 2.32. The number of nitrogens with two attached hydrogens (primary N) is 1. The smallest absolute Gasteiger partial charge is 0.225 e. The monoisotopic (exact) mass is 336 g/mol. The number of hydrogen-bond donors (Lipinski definition) is 2. The number of nitrogens with one attached hydrogen (secondary N) is 1. The molecule has 0 aliphatic heterocycles. The van der Waals surface area contributed by atoms with Crippen molar-refractivity contribution in [1.29, 1.82) is 0 Å². The fourth-order valence-corrected chi connectivity index (χ4v) is 2.91. The molecule has 0 atom stereocenters. The number of carbonyl (C=O) groups is 1. The molecule has 0 saturated carbocycles. The van der Waals surface area contributed by atoms with Crippen molar-refractivity contribution < 1.29 is 9.53 Å². The van der Waals surface area contributed by atoms with Gasteiger partial charge in [0.05, 0.1) is 16.4 Å². The van der Waals surface area contributed by atoms with E-state index in [1.165, 1.54) is 0 Å². The minimum absolute atomic E-state index is 0.111. The number of thioether (sulfide) groups is 1. The molecule has 1 aromatic carbocycles. The highest BCUT2D eigenvalue weighted by Gasteiger charge is 2.10. The Balaban J connectivity index is 2.36. The van der Waals surface area contributed by atoms with Gasteiger partial charge in [0.15, 0.2) is 0 Å². The van der Waals surface area contributed by atoms with E-state index in [0.717, 1.165) is 24.5 Å². The predicted molar refractivity (Wildman–Crippen MR) is 87.9 cm³/mol. The Morgan fingerprint density at radius 2 is 2.15 bits per heavy atom. The van der Waals surface area contributed by atoms with Crippen LogP contribution >= 0.6 is 35.0 Å². The first-order valence-corrected chi connectivity index (χ1v) is 8.06. The second-order valence-electron chi connectivity index (χ2n) is 4.11. The lowest BCUT2D eigenvalue weighted by molar-refractivity contribution is -0.115. The number of ether oxygens (including phenoxy) is 1. The van der Waals surface area contributed by atoms with Crippen LogP contribution < -0.4 is 11.1 Å². The standard InChI is InChI=1S/C13H18Cl2N2O2S/c1-19-4-2-5-20-6-3-12(18)17-13-10(15)7-9(14)8-11(13)16/h7-8H,2-6,16H2,1H3,(H,17,18). The Kier molecular flexibility index (Phi) is 8.14. The Morgan fingerprint density at radius 1 is 1.40 bits per heavy atom. The Morgan fingerprint density at radius 3 is 2.80 bits per heavy atom. The molecule has 1 rings (SSSR count). The quantitative estimate of drug-likeness (QED) is 0.561. The van der Waals surface area contributed by atoms with Crippen molar-refractivity contribution in [2.45, 2.75) is 12.8 Å². The van der Waals surface area contributed by atoms with Crippen molar-refractivity contribution in [2.75, 3.05) is 36.3 Å². The van der Waals surface area contributed by atoms with Gasteiger partial charge in [-0.3, -0.25) is 4.79 Å². The summed E-state index contributed by atoms with van der Waals surface area (Å²) in [6.07, 6.45) is 1.40. The predicted octanol–water partition coefficient (Wildman–Crippen LogP) is 3.67. The minimum Gasteiger partial charge on any atom is -0.397 e. The maximum atomic E-state index is 11.8. The molecule has 0 spiro atoms.